The molecule has 0 bridgehead atoms. The first kappa shape index (κ1) is 12.8. The first-order valence-corrected chi connectivity index (χ1v) is 6.79. The second-order valence-corrected chi connectivity index (χ2v) is 5.11. The topological polar surface area (TPSA) is 88.0 Å². The summed E-state index contributed by atoms with van der Waals surface area (Å²) in [6.45, 7) is 0. The van der Waals surface area contributed by atoms with Gasteiger partial charge in [0.25, 0.3) is 0 Å². The van der Waals surface area contributed by atoms with E-state index in [1.807, 2.05) is 6.07 Å². The van der Waals surface area contributed by atoms with Crippen molar-refractivity contribution in [2.45, 2.75) is 31.7 Å². The molecule has 0 atom stereocenters. The van der Waals surface area contributed by atoms with E-state index in [1.165, 1.54) is 0 Å². The minimum atomic E-state index is -0.683. The Kier molecular flexibility index (Phi) is 3.45. The maximum absolute atomic E-state index is 10.9. The van der Waals surface area contributed by atoms with E-state index in [4.69, 9.17) is 5.11 Å². The van der Waals surface area contributed by atoms with Crippen molar-refractivity contribution in [1.29, 1.82) is 0 Å². The zero-order valence-corrected chi connectivity index (χ0v) is 11.0. The zero-order valence-electron chi connectivity index (χ0n) is 11.0. The van der Waals surface area contributed by atoms with Crippen molar-refractivity contribution in [3.8, 4) is 0 Å². The molecule has 20 heavy (non-hydrogen) atoms. The number of hydrogen-bond acceptors (Lipinski definition) is 5. The zero-order chi connectivity index (χ0) is 13.9. The lowest BCUT2D eigenvalue weighted by atomic mass is 9.86. The monoisotopic (exact) mass is 272 g/mol. The summed E-state index contributed by atoms with van der Waals surface area (Å²) in [6, 6.07) is 2.08. The molecule has 2 N–H and O–H groups in total. The molecule has 6 nitrogen and oxygen atoms in total. The number of rotatable bonds is 3. The van der Waals surface area contributed by atoms with Gasteiger partial charge in [0, 0.05) is 24.6 Å². The standard InChI is InChI=1S/C14H16N4O2/c19-14(20)9-1-3-10(4-2-9)18-13-12-11(5-6-17-13)15-7-8-16-12/h5-10H,1-4H2,(H,17,18)(H,19,20). The number of carboxylic acids is 1. The number of fused-ring (bicyclic) bond motifs is 1. The van der Waals surface area contributed by atoms with Gasteiger partial charge in [-0.15, -0.1) is 0 Å². The molecule has 0 aromatic carbocycles. The van der Waals surface area contributed by atoms with Crippen molar-refractivity contribution < 1.29 is 9.90 Å². The average molecular weight is 272 g/mol. The van der Waals surface area contributed by atoms with Gasteiger partial charge in [-0.1, -0.05) is 0 Å². The maximum Gasteiger partial charge on any atom is 0.306 e. The first-order valence-electron chi connectivity index (χ1n) is 6.79. The molecule has 0 saturated heterocycles. The van der Waals surface area contributed by atoms with E-state index in [1.54, 1.807) is 18.6 Å². The molecule has 0 spiro atoms. The van der Waals surface area contributed by atoms with Gasteiger partial charge in [0.15, 0.2) is 5.82 Å². The Morgan fingerprint density at radius 1 is 1.10 bits per heavy atom. The van der Waals surface area contributed by atoms with Crippen LogP contribution in [0.5, 0.6) is 0 Å². The van der Waals surface area contributed by atoms with Crippen LogP contribution in [-0.4, -0.2) is 32.1 Å². The van der Waals surface area contributed by atoms with Crippen LogP contribution in [0.25, 0.3) is 11.0 Å². The largest absolute Gasteiger partial charge is 0.481 e. The molecule has 1 aliphatic rings. The van der Waals surface area contributed by atoms with Crippen LogP contribution < -0.4 is 5.32 Å². The lowest BCUT2D eigenvalue weighted by Crippen LogP contribution is -2.29. The minimum Gasteiger partial charge on any atom is -0.481 e. The fraction of sp³-hybridized carbons (Fsp3) is 0.429. The Bertz CT molecular complexity index is 618. The third kappa shape index (κ3) is 2.54. The summed E-state index contributed by atoms with van der Waals surface area (Å²) in [4.78, 5) is 23.8. The molecule has 1 fully saturated rings. The molecule has 104 valence electrons. The van der Waals surface area contributed by atoms with Gasteiger partial charge in [-0.05, 0) is 31.7 Å². The van der Waals surface area contributed by atoms with E-state index in [-0.39, 0.29) is 12.0 Å². The highest BCUT2D eigenvalue weighted by molar-refractivity contribution is 5.84. The first-order chi connectivity index (χ1) is 9.74. The maximum atomic E-state index is 10.9. The number of hydrogen-bond donors (Lipinski definition) is 2. The van der Waals surface area contributed by atoms with Gasteiger partial charge in [0.1, 0.15) is 5.52 Å². The fourth-order valence-electron chi connectivity index (χ4n) is 2.68. The van der Waals surface area contributed by atoms with Crippen LogP contribution in [0.2, 0.25) is 0 Å². The van der Waals surface area contributed by atoms with Crippen LogP contribution in [-0.2, 0) is 4.79 Å². The second-order valence-electron chi connectivity index (χ2n) is 5.11. The van der Waals surface area contributed by atoms with Gasteiger partial charge in [-0.3, -0.25) is 9.78 Å². The molecule has 1 saturated carbocycles. The Hall–Kier alpha value is -2.24. The van der Waals surface area contributed by atoms with Gasteiger partial charge in [0.2, 0.25) is 0 Å². The highest BCUT2D eigenvalue weighted by Gasteiger charge is 2.26. The summed E-state index contributed by atoms with van der Waals surface area (Å²) in [5.74, 6) is -0.153. The van der Waals surface area contributed by atoms with Crippen molar-refractivity contribution in [1.82, 2.24) is 15.0 Å². The SMILES string of the molecule is O=C(O)C1CCC(Nc2nccc3nccnc23)CC1. The van der Waals surface area contributed by atoms with Crippen molar-refractivity contribution in [3.05, 3.63) is 24.7 Å². The van der Waals surface area contributed by atoms with Crippen molar-refractivity contribution in [2.75, 3.05) is 5.32 Å². The molecular weight excluding hydrogens is 256 g/mol. The van der Waals surface area contributed by atoms with Crippen LogP contribution in [0.15, 0.2) is 24.7 Å². The van der Waals surface area contributed by atoms with Gasteiger partial charge < -0.3 is 10.4 Å². The van der Waals surface area contributed by atoms with E-state index in [2.05, 4.69) is 20.3 Å². The number of aliphatic carboxylic acids is 1. The van der Waals surface area contributed by atoms with Crippen molar-refractivity contribution in [2.24, 2.45) is 5.92 Å². The third-order valence-corrected chi connectivity index (χ3v) is 3.80. The van der Waals surface area contributed by atoms with Crippen molar-refractivity contribution in [3.63, 3.8) is 0 Å². The van der Waals surface area contributed by atoms with Gasteiger partial charge in [-0.2, -0.15) is 0 Å². The predicted molar refractivity (Wildman–Crippen MR) is 74.3 cm³/mol. The summed E-state index contributed by atoms with van der Waals surface area (Å²) in [6.07, 6.45) is 8.13. The molecule has 1 aliphatic carbocycles. The highest BCUT2D eigenvalue weighted by Crippen LogP contribution is 2.27. The molecular formula is C14H16N4O2. The average Bonchev–Trinajstić information content (AvgIpc) is 2.48. The molecule has 0 aliphatic heterocycles. The van der Waals surface area contributed by atoms with E-state index in [9.17, 15) is 4.79 Å². The number of anilines is 1. The summed E-state index contributed by atoms with van der Waals surface area (Å²) < 4.78 is 0. The Morgan fingerprint density at radius 2 is 1.85 bits per heavy atom. The molecule has 2 heterocycles. The fourth-order valence-corrected chi connectivity index (χ4v) is 2.68. The molecule has 0 unspecified atom stereocenters. The molecule has 6 heteroatoms. The quantitative estimate of drug-likeness (QED) is 0.889. The van der Waals surface area contributed by atoms with Crippen molar-refractivity contribution >= 4 is 22.8 Å². The predicted octanol–water partition coefficient (Wildman–Crippen LogP) is 2.08. The van der Waals surface area contributed by atoms with E-state index >= 15 is 0 Å². The summed E-state index contributed by atoms with van der Waals surface area (Å²) in [5.41, 5.74) is 1.57. The second kappa shape index (κ2) is 5.40. The molecule has 0 amide bonds. The number of carbonyl (C=O) groups is 1. The Balaban J connectivity index is 1.73. The van der Waals surface area contributed by atoms with E-state index in [0.717, 1.165) is 29.7 Å². The lowest BCUT2D eigenvalue weighted by Gasteiger charge is -2.27. The normalized spacial score (nSPS) is 22.6. The summed E-state index contributed by atoms with van der Waals surface area (Å²) in [5, 5.41) is 12.4. The number of pyridine rings is 1. The number of aromatic nitrogens is 3. The van der Waals surface area contributed by atoms with Gasteiger partial charge in [-0.25, -0.2) is 9.97 Å². The number of nitrogens with zero attached hydrogens (tertiary/aromatic N) is 3. The van der Waals surface area contributed by atoms with Crippen LogP contribution >= 0.6 is 0 Å². The van der Waals surface area contributed by atoms with Crippen LogP contribution in [0, 0.1) is 5.92 Å². The summed E-state index contributed by atoms with van der Waals surface area (Å²) in [7, 11) is 0. The molecule has 3 rings (SSSR count). The molecule has 2 aromatic rings. The third-order valence-electron chi connectivity index (χ3n) is 3.80. The van der Waals surface area contributed by atoms with E-state index in [0.29, 0.717) is 12.8 Å². The van der Waals surface area contributed by atoms with Crippen LogP contribution in [0.3, 0.4) is 0 Å². The van der Waals surface area contributed by atoms with Crippen LogP contribution in [0.1, 0.15) is 25.7 Å². The minimum absolute atomic E-state index is 0.201. The van der Waals surface area contributed by atoms with Gasteiger partial charge in [0.05, 0.1) is 11.4 Å². The van der Waals surface area contributed by atoms with Gasteiger partial charge >= 0.3 is 5.97 Å². The smallest absolute Gasteiger partial charge is 0.306 e. The number of nitrogens with one attached hydrogen (secondary N) is 1. The van der Waals surface area contributed by atoms with E-state index < -0.39 is 5.97 Å². The molecule has 2 aromatic heterocycles. The lowest BCUT2D eigenvalue weighted by molar-refractivity contribution is -0.142. The highest BCUT2D eigenvalue weighted by atomic mass is 16.4. The Labute approximate surface area is 116 Å². The Morgan fingerprint density at radius 3 is 2.60 bits per heavy atom. The number of carboxylic acid groups (broad SMARTS) is 1. The summed E-state index contributed by atoms with van der Waals surface area (Å²) >= 11 is 0. The van der Waals surface area contributed by atoms with Crippen LogP contribution in [0.4, 0.5) is 5.82 Å². The molecule has 0 radical (unpaired) electrons.